The number of hydrogen-bond acceptors (Lipinski definition) is 5. The molecule has 4 aliphatic rings. The van der Waals surface area contributed by atoms with E-state index < -0.39 is 35.1 Å². The molecule has 1 spiro atoms. The van der Waals surface area contributed by atoms with Crippen LogP contribution in [0.2, 0.25) is 0 Å². The number of likely N-dealkylation sites (tertiary alicyclic amines) is 1. The van der Waals surface area contributed by atoms with Crippen LogP contribution in [0.15, 0.2) is 30.3 Å². The van der Waals surface area contributed by atoms with E-state index in [0.717, 1.165) is 31.2 Å². The Kier molecular flexibility index (Phi) is 7.09. The number of nitrogens with one attached hydrogen (secondary N) is 2. The Morgan fingerprint density at radius 2 is 1.81 bits per heavy atom. The van der Waals surface area contributed by atoms with E-state index in [1.165, 1.54) is 6.42 Å². The van der Waals surface area contributed by atoms with Crippen LogP contribution in [0.3, 0.4) is 0 Å². The summed E-state index contributed by atoms with van der Waals surface area (Å²) in [5.41, 5.74) is -0.908. The molecule has 202 valence electrons. The van der Waals surface area contributed by atoms with Crippen LogP contribution in [0.1, 0.15) is 71.3 Å². The van der Waals surface area contributed by atoms with Gasteiger partial charge < -0.3 is 25.4 Å². The minimum Gasteiger partial charge on any atom is -0.394 e. The van der Waals surface area contributed by atoms with Crippen molar-refractivity contribution >= 4 is 17.7 Å². The first kappa shape index (κ1) is 26.2. The molecular weight excluding hydrogens is 470 g/mol. The second-order valence-corrected chi connectivity index (χ2v) is 12.0. The number of aliphatic hydroxyl groups is 1. The summed E-state index contributed by atoms with van der Waals surface area (Å²) in [6.07, 6.45) is 6.34. The van der Waals surface area contributed by atoms with Crippen molar-refractivity contribution in [3.63, 3.8) is 0 Å². The number of rotatable bonds is 8. The van der Waals surface area contributed by atoms with Crippen molar-refractivity contribution in [3.8, 4) is 0 Å². The van der Waals surface area contributed by atoms with Crippen LogP contribution in [0, 0.1) is 17.8 Å². The summed E-state index contributed by atoms with van der Waals surface area (Å²) in [4.78, 5) is 43.4. The van der Waals surface area contributed by atoms with Crippen LogP contribution in [-0.2, 0) is 25.7 Å². The lowest BCUT2D eigenvalue weighted by molar-refractivity contribution is -0.151. The first-order chi connectivity index (χ1) is 17.7. The number of nitrogens with zero attached hydrogens (tertiary/aromatic N) is 1. The van der Waals surface area contributed by atoms with Crippen LogP contribution in [0.25, 0.3) is 0 Å². The molecule has 2 bridgehead atoms. The van der Waals surface area contributed by atoms with E-state index in [0.29, 0.717) is 19.4 Å². The van der Waals surface area contributed by atoms with Gasteiger partial charge in [0.25, 0.3) is 0 Å². The molecule has 0 aromatic heterocycles. The molecule has 1 saturated carbocycles. The molecule has 8 nitrogen and oxygen atoms in total. The van der Waals surface area contributed by atoms with Gasteiger partial charge in [0.15, 0.2) is 0 Å². The molecule has 2 unspecified atom stereocenters. The maximum Gasteiger partial charge on any atom is 0.246 e. The molecule has 0 radical (unpaired) electrons. The molecule has 6 atom stereocenters. The summed E-state index contributed by atoms with van der Waals surface area (Å²) in [6, 6.07) is 8.36. The van der Waals surface area contributed by atoms with Crippen molar-refractivity contribution in [3.05, 3.63) is 35.9 Å². The maximum absolute atomic E-state index is 14.2. The second-order valence-electron chi connectivity index (χ2n) is 12.0. The molecule has 3 saturated heterocycles. The second kappa shape index (κ2) is 10.0. The third kappa shape index (κ3) is 4.36. The number of carbonyl (C=O) groups is 3. The van der Waals surface area contributed by atoms with Gasteiger partial charge in [-0.3, -0.25) is 14.4 Å². The molecule has 8 heteroatoms. The highest BCUT2D eigenvalue weighted by molar-refractivity contribution is 5.99. The zero-order valence-corrected chi connectivity index (χ0v) is 22.2. The molecule has 3 amide bonds. The molecule has 1 aromatic rings. The Morgan fingerprint density at radius 3 is 2.46 bits per heavy atom. The number of carbonyl (C=O) groups excluding carboxylic acids is 3. The first-order valence-corrected chi connectivity index (χ1v) is 14.0. The van der Waals surface area contributed by atoms with E-state index in [4.69, 9.17) is 4.74 Å². The highest BCUT2D eigenvalue weighted by atomic mass is 16.5. The molecule has 3 aliphatic heterocycles. The van der Waals surface area contributed by atoms with Gasteiger partial charge in [-0.15, -0.1) is 0 Å². The molecule has 37 heavy (non-hydrogen) atoms. The lowest BCUT2D eigenvalue weighted by atomic mass is 9.66. The maximum atomic E-state index is 14.2. The fourth-order valence-corrected chi connectivity index (χ4v) is 7.46. The van der Waals surface area contributed by atoms with Crippen LogP contribution >= 0.6 is 0 Å². The van der Waals surface area contributed by atoms with Crippen LogP contribution in [-0.4, -0.2) is 63.7 Å². The summed E-state index contributed by atoms with van der Waals surface area (Å²) in [7, 11) is 0. The van der Waals surface area contributed by atoms with Crippen molar-refractivity contribution in [2.45, 2.75) is 102 Å². The zero-order valence-electron chi connectivity index (χ0n) is 22.2. The topological polar surface area (TPSA) is 108 Å². The Labute approximate surface area is 219 Å². The van der Waals surface area contributed by atoms with Crippen LogP contribution < -0.4 is 10.6 Å². The molecule has 5 rings (SSSR count). The largest absolute Gasteiger partial charge is 0.394 e. The normalized spacial score (nSPS) is 34.0. The van der Waals surface area contributed by atoms with Gasteiger partial charge in [-0.25, -0.2) is 0 Å². The standard InChI is InChI=1S/C29H41N3O5/c1-18(2)21(17-33)32-24(26(35)31-20-12-8-5-9-13-20)29-15-14-28(3,37-29)22(23(29)27(32)36)25(34)30-16-19-10-6-4-7-11-19/h4,6-7,10-11,18,20-24,33H,5,8-9,12-17H2,1-3H3,(H,30,34)(H,31,35)/t21-,22-,23-,24?,28+,29?/m0/s1. The highest BCUT2D eigenvalue weighted by Gasteiger charge is 2.78. The number of amides is 3. The number of aliphatic hydroxyl groups excluding tert-OH is 1. The highest BCUT2D eigenvalue weighted by Crippen LogP contribution is 2.63. The van der Waals surface area contributed by atoms with Gasteiger partial charge >= 0.3 is 0 Å². The van der Waals surface area contributed by atoms with Gasteiger partial charge in [0.2, 0.25) is 17.7 Å². The quantitative estimate of drug-likeness (QED) is 0.497. The van der Waals surface area contributed by atoms with Gasteiger partial charge in [-0.2, -0.15) is 0 Å². The Morgan fingerprint density at radius 1 is 1.11 bits per heavy atom. The summed E-state index contributed by atoms with van der Waals surface area (Å²) in [6.45, 7) is 5.91. The lowest BCUT2D eigenvalue weighted by Crippen LogP contribution is -2.60. The predicted molar refractivity (Wildman–Crippen MR) is 138 cm³/mol. The van der Waals surface area contributed by atoms with Crippen LogP contribution in [0.5, 0.6) is 0 Å². The third-order valence-corrected chi connectivity index (χ3v) is 9.32. The number of benzene rings is 1. The molecular formula is C29H41N3O5. The van der Waals surface area contributed by atoms with Gasteiger partial charge in [0.1, 0.15) is 11.6 Å². The van der Waals surface area contributed by atoms with E-state index in [2.05, 4.69) is 10.6 Å². The van der Waals surface area contributed by atoms with Crippen molar-refractivity contribution in [1.82, 2.24) is 15.5 Å². The van der Waals surface area contributed by atoms with Crippen molar-refractivity contribution in [2.24, 2.45) is 17.8 Å². The average Bonchev–Trinajstić information content (AvgIpc) is 3.45. The zero-order chi connectivity index (χ0) is 26.4. The van der Waals surface area contributed by atoms with Crippen LogP contribution in [0.4, 0.5) is 0 Å². The number of hydrogen-bond donors (Lipinski definition) is 3. The summed E-state index contributed by atoms with van der Waals surface area (Å²) >= 11 is 0. The lowest BCUT2D eigenvalue weighted by Gasteiger charge is -2.39. The SMILES string of the molecule is CC(C)[C@H](CO)N1C(=O)[C@@H]2[C@@H](C(=O)NCc3ccccc3)[C@@]3(C)CCC2(O3)C1C(=O)NC1CCCCC1. The number of ether oxygens (including phenoxy) is 1. The summed E-state index contributed by atoms with van der Waals surface area (Å²) in [5.74, 6) is -2.19. The Bertz CT molecular complexity index is 1030. The van der Waals surface area contributed by atoms with E-state index >= 15 is 0 Å². The van der Waals surface area contributed by atoms with E-state index in [-0.39, 0.29) is 36.3 Å². The molecule has 1 aromatic carbocycles. The fraction of sp³-hybridized carbons (Fsp3) is 0.690. The monoisotopic (exact) mass is 511 g/mol. The predicted octanol–water partition coefficient (Wildman–Crippen LogP) is 2.53. The first-order valence-electron chi connectivity index (χ1n) is 14.0. The molecule has 4 fully saturated rings. The molecule has 1 aliphatic carbocycles. The van der Waals surface area contributed by atoms with Gasteiger partial charge in [-0.1, -0.05) is 63.4 Å². The van der Waals surface area contributed by atoms with Crippen molar-refractivity contribution in [2.75, 3.05) is 6.61 Å². The van der Waals surface area contributed by atoms with E-state index in [1.54, 1.807) is 4.90 Å². The summed E-state index contributed by atoms with van der Waals surface area (Å²) < 4.78 is 6.69. The van der Waals surface area contributed by atoms with E-state index in [1.807, 2.05) is 51.1 Å². The van der Waals surface area contributed by atoms with Gasteiger partial charge in [0.05, 0.1) is 30.1 Å². The van der Waals surface area contributed by atoms with E-state index in [9.17, 15) is 19.5 Å². The third-order valence-electron chi connectivity index (χ3n) is 9.32. The fourth-order valence-electron chi connectivity index (χ4n) is 7.46. The minimum atomic E-state index is -1.07. The smallest absolute Gasteiger partial charge is 0.246 e. The molecule has 3 heterocycles. The van der Waals surface area contributed by atoms with Gasteiger partial charge in [-0.05, 0) is 44.1 Å². The minimum absolute atomic E-state index is 0.0627. The summed E-state index contributed by atoms with van der Waals surface area (Å²) in [5, 5.41) is 16.6. The average molecular weight is 512 g/mol. The molecule has 3 N–H and O–H groups in total. The number of fused-ring (bicyclic) bond motifs is 1. The van der Waals surface area contributed by atoms with Crippen molar-refractivity contribution in [1.29, 1.82) is 0 Å². The van der Waals surface area contributed by atoms with Crippen molar-refractivity contribution < 1.29 is 24.2 Å². The van der Waals surface area contributed by atoms with Gasteiger partial charge in [0, 0.05) is 12.6 Å². The Hall–Kier alpha value is -2.45. The Balaban J connectivity index is 1.47.